The molecule has 1 heterocycles. The van der Waals surface area contributed by atoms with Crippen molar-refractivity contribution in [3.05, 3.63) is 30.1 Å². The van der Waals surface area contributed by atoms with Crippen molar-refractivity contribution in [3.63, 3.8) is 0 Å². The van der Waals surface area contributed by atoms with E-state index in [0.29, 0.717) is 12.5 Å². The Hall–Kier alpha value is -1.95. The molecule has 164 valence electrons. The number of nitrogens with zero attached hydrogens (tertiary/aromatic N) is 2. The van der Waals surface area contributed by atoms with Gasteiger partial charge < -0.3 is 10.2 Å². The van der Waals surface area contributed by atoms with Crippen LogP contribution in [0.2, 0.25) is 0 Å². The monoisotopic (exact) mass is 406 g/mol. The van der Waals surface area contributed by atoms with Crippen LogP contribution < -0.4 is 0 Å². The van der Waals surface area contributed by atoms with Crippen LogP contribution in [0.3, 0.4) is 0 Å². The predicted molar refractivity (Wildman–Crippen MR) is 115 cm³/mol. The number of carboxylic acids is 2. The van der Waals surface area contributed by atoms with Gasteiger partial charge in [0.2, 0.25) is 0 Å². The minimum Gasteiger partial charge on any atom is -0.481 e. The summed E-state index contributed by atoms with van der Waals surface area (Å²) in [5.74, 6) is -0.873. The molecule has 29 heavy (non-hydrogen) atoms. The minimum absolute atomic E-state index is 0.0340. The SMILES string of the molecule is CCCCCC(CCCCCC(=O)O)CCCN(CC(=O)O)Cc1ccccn1. The molecular weight excluding hydrogens is 368 g/mol. The normalized spacial score (nSPS) is 12.2. The second-order valence-electron chi connectivity index (χ2n) is 7.92. The zero-order chi connectivity index (χ0) is 21.3. The quantitative estimate of drug-likeness (QED) is 0.334. The summed E-state index contributed by atoms with van der Waals surface area (Å²) in [5.41, 5.74) is 0.895. The molecule has 6 heteroatoms. The second-order valence-corrected chi connectivity index (χ2v) is 7.92. The van der Waals surface area contributed by atoms with Crippen molar-refractivity contribution in [1.29, 1.82) is 0 Å². The molecule has 0 fully saturated rings. The van der Waals surface area contributed by atoms with E-state index in [1.807, 2.05) is 23.1 Å². The van der Waals surface area contributed by atoms with E-state index in [0.717, 1.165) is 50.8 Å². The van der Waals surface area contributed by atoms with Gasteiger partial charge >= 0.3 is 11.9 Å². The fourth-order valence-corrected chi connectivity index (χ4v) is 3.73. The number of rotatable bonds is 18. The van der Waals surface area contributed by atoms with Gasteiger partial charge in [-0.15, -0.1) is 0 Å². The molecule has 0 amide bonds. The van der Waals surface area contributed by atoms with Crippen LogP contribution in [0.25, 0.3) is 0 Å². The number of aliphatic carboxylic acids is 2. The Labute approximate surface area is 175 Å². The number of pyridine rings is 1. The maximum absolute atomic E-state index is 11.2. The molecule has 1 aromatic rings. The van der Waals surface area contributed by atoms with Gasteiger partial charge in [-0.1, -0.05) is 57.9 Å². The smallest absolute Gasteiger partial charge is 0.317 e. The Morgan fingerprint density at radius 1 is 0.966 bits per heavy atom. The lowest BCUT2D eigenvalue weighted by Crippen LogP contribution is -2.31. The highest BCUT2D eigenvalue weighted by molar-refractivity contribution is 5.69. The summed E-state index contributed by atoms with van der Waals surface area (Å²) < 4.78 is 0. The molecular formula is C23H38N2O4. The van der Waals surface area contributed by atoms with Crippen LogP contribution >= 0.6 is 0 Å². The molecule has 0 aliphatic heterocycles. The van der Waals surface area contributed by atoms with Crippen molar-refractivity contribution in [3.8, 4) is 0 Å². The zero-order valence-corrected chi connectivity index (χ0v) is 17.9. The van der Waals surface area contributed by atoms with E-state index in [2.05, 4.69) is 11.9 Å². The predicted octanol–water partition coefficient (Wildman–Crippen LogP) is 4.98. The van der Waals surface area contributed by atoms with Crippen LogP contribution in [-0.4, -0.2) is 45.1 Å². The molecule has 2 N–H and O–H groups in total. The standard InChI is InChI=1S/C23H38N2O4/c1-2-3-5-11-20(12-6-4-7-15-22(26)27)13-10-17-25(19-23(28)29)18-21-14-8-9-16-24-21/h8-9,14,16,20H,2-7,10-13,15,17-19H2,1H3,(H,26,27)(H,28,29). The first-order valence-corrected chi connectivity index (χ1v) is 11.1. The minimum atomic E-state index is -0.807. The number of carbonyl (C=O) groups is 2. The Morgan fingerprint density at radius 3 is 2.31 bits per heavy atom. The van der Waals surface area contributed by atoms with Crippen molar-refractivity contribution >= 4 is 11.9 Å². The first-order chi connectivity index (χ1) is 14.0. The highest BCUT2D eigenvalue weighted by Gasteiger charge is 2.13. The topological polar surface area (TPSA) is 90.7 Å². The molecule has 0 radical (unpaired) electrons. The average Bonchev–Trinajstić information content (AvgIpc) is 2.67. The van der Waals surface area contributed by atoms with E-state index in [4.69, 9.17) is 5.11 Å². The van der Waals surface area contributed by atoms with Crippen LogP contribution in [-0.2, 0) is 16.1 Å². The van der Waals surface area contributed by atoms with Crippen LogP contribution in [0, 0.1) is 5.92 Å². The summed E-state index contributed by atoms with van der Waals surface area (Å²) in [6.45, 7) is 3.56. The molecule has 0 saturated carbocycles. The Morgan fingerprint density at radius 2 is 1.69 bits per heavy atom. The highest BCUT2D eigenvalue weighted by Crippen LogP contribution is 2.23. The highest BCUT2D eigenvalue weighted by atomic mass is 16.4. The van der Waals surface area contributed by atoms with E-state index in [9.17, 15) is 14.7 Å². The van der Waals surface area contributed by atoms with E-state index < -0.39 is 11.9 Å². The van der Waals surface area contributed by atoms with Crippen molar-refractivity contribution in [2.45, 2.75) is 84.1 Å². The van der Waals surface area contributed by atoms with Gasteiger partial charge in [0.25, 0.3) is 0 Å². The molecule has 0 saturated heterocycles. The fourth-order valence-electron chi connectivity index (χ4n) is 3.73. The van der Waals surface area contributed by atoms with Gasteiger partial charge in [-0.3, -0.25) is 19.5 Å². The van der Waals surface area contributed by atoms with E-state index >= 15 is 0 Å². The zero-order valence-electron chi connectivity index (χ0n) is 17.9. The lowest BCUT2D eigenvalue weighted by Gasteiger charge is -2.22. The van der Waals surface area contributed by atoms with E-state index in [1.165, 1.54) is 25.7 Å². The van der Waals surface area contributed by atoms with Gasteiger partial charge in [0, 0.05) is 19.2 Å². The molecule has 1 unspecified atom stereocenters. The van der Waals surface area contributed by atoms with E-state index in [-0.39, 0.29) is 13.0 Å². The van der Waals surface area contributed by atoms with Crippen LogP contribution in [0.5, 0.6) is 0 Å². The molecule has 0 aliphatic rings. The first kappa shape index (κ1) is 25.1. The summed E-state index contributed by atoms with van der Waals surface area (Å²) in [6, 6.07) is 5.72. The van der Waals surface area contributed by atoms with Crippen LogP contribution in [0.15, 0.2) is 24.4 Å². The maximum Gasteiger partial charge on any atom is 0.317 e. The second kappa shape index (κ2) is 15.9. The number of aromatic nitrogens is 1. The fraction of sp³-hybridized carbons (Fsp3) is 0.696. The van der Waals surface area contributed by atoms with Gasteiger partial charge in [0.05, 0.1) is 12.2 Å². The summed E-state index contributed by atoms with van der Waals surface area (Å²) in [7, 11) is 0. The molecule has 6 nitrogen and oxygen atoms in total. The van der Waals surface area contributed by atoms with Crippen molar-refractivity contribution in [2.75, 3.05) is 13.1 Å². The largest absolute Gasteiger partial charge is 0.481 e. The van der Waals surface area contributed by atoms with E-state index in [1.54, 1.807) is 6.20 Å². The number of hydrogen-bond acceptors (Lipinski definition) is 4. The summed E-state index contributed by atoms with van der Waals surface area (Å²) in [5, 5.41) is 18.0. The van der Waals surface area contributed by atoms with Crippen LogP contribution in [0.4, 0.5) is 0 Å². The molecule has 1 rings (SSSR count). The number of hydrogen-bond donors (Lipinski definition) is 2. The molecule has 1 atom stereocenters. The molecule has 0 bridgehead atoms. The Balaban J connectivity index is 2.43. The summed E-state index contributed by atoms with van der Waals surface area (Å²) >= 11 is 0. The average molecular weight is 407 g/mol. The van der Waals surface area contributed by atoms with Gasteiger partial charge in [-0.25, -0.2) is 0 Å². The lowest BCUT2D eigenvalue weighted by molar-refractivity contribution is -0.139. The molecule has 1 aromatic heterocycles. The summed E-state index contributed by atoms with van der Waals surface area (Å²) in [6.07, 6.45) is 12.9. The molecule has 0 aromatic carbocycles. The van der Waals surface area contributed by atoms with Gasteiger partial charge in [0.1, 0.15) is 0 Å². The third-order valence-corrected chi connectivity index (χ3v) is 5.28. The van der Waals surface area contributed by atoms with Crippen molar-refractivity contribution < 1.29 is 19.8 Å². The Bertz CT molecular complexity index is 565. The molecule has 0 aliphatic carbocycles. The summed E-state index contributed by atoms with van der Waals surface area (Å²) in [4.78, 5) is 28.1. The third-order valence-electron chi connectivity index (χ3n) is 5.28. The molecule has 0 spiro atoms. The van der Waals surface area contributed by atoms with Gasteiger partial charge in [-0.05, 0) is 43.9 Å². The van der Waals surface area contributed by atoms with Crippen molar-refractivity contribution in [2.24, 2.45) is 5.92 Å². The number of unbranched alkanes of at least 4 members (excludes halogenated alkanes) is 4. The Kier molecular flexibility index (Phi) is 13.8. The third kappa shape index (κ3) is 13.8. The first-order valence-electron chi connectivity index (χ1n) is 11.1. The van der Waals surface area contributed by atoms with Gasteiger partial charge in [0.15, 0.2) is 0 Å². The van der Waals surface area contributed by atoms with Gasteiger partial charge in [-0.2, -0.15) is 0 Å². The van der Waals surface area contributed by atoms with Crippen molar-refractivity contribution in [1.82, 2.24) is 9.88 Å². The number of carboxylic acid groups (broad SMARTS) is 2. The maximum atomic E-state index is 11.2. The lowest BCUT2D eigenvalue weighted by atomic mass is 9.90. The van der Waals surface area contributed by atoms with Crippen LogP contribution in [0.1, 0.15) is 83.2 Å².